The zero-order valence-electron chi connectivity index (χ0n) is 22.7. The standard InChI is InChI=1S/C26H50FN7O2/c1-5-21(31-12-19(27)7-6-17(2)3)24(25(28)29)26(35)32-22-13-30-9-8-23(22)34-11-10-33(14-18(34)4)20-15-36-16-20/h12,17-25,30H,5-11,13-16,28-29H2,1-4H3,(H,32,35)/b31-12-/t18-,19?,21?,22?,23?,24?/m1/s1. The highest BCUT2D eigenvalue weighted by Crippen LogP contribution is 2.23. The molecule has 0 saturated carbocycles. The molecule has 10 heteroatoms. The summed E-state index contributed by atoms with van der Waals surface area (Å²) in [6.45, 7) is 14.7. The molecule has 0 radical (unpaired) electrons. The van der Waals surface area contributed by atoms with Crippen LogP contribution in [0.4, 0.5) is 4.39 Å². The molecule has 3 fully saturated rings. The minimum absolute atomic E-state index is 0.0463. The minimum atomic E-state index is -1.13. The van der Waals surface area contributed by atoms with E-state index in [-0.39, 0.29) is 18.0 Å². The summed E-state index contributed by atoms with van der Waals surface area (Å²) < 4.78 is 19.7. The highest BCUT2D eigenvalue weighted by atomic mass is 19.1. The first-order valence-corrected chi connectivity index (χ1v) is 14.0. The van der Waals surface area contributed by atoms with Gasteiger partial charge in [-0.1, -0.05) is 20.8 Å². The van der Waals surface area contributed by atoms with E-state index in [1.165, 1.54) is 6.21 Å². The van der Waals surface area contributed by atoms with E-state index in [9.17, 15) is 9.18 Å². The lowest BCUT2D eigenvalue weighted by atomic mass is 9.91. The molecule has 0 aromatic carbocycles. The fraction of sp³-hybridized carbons (Fsp3) is 0.923. The molecule has 6 atom stereocenters. The Morgan fingerprint density at radius 3 is 2.61 bits per heavy atom. The van der Waals surface area contributed by atoms with Crippen molar-refractivity contribution in [3.8, 4) is 0 Å². The third-order valence-corrected chi connectivity index (χ3v) is 8.06. The lowest BCUT2D eigenvalue weighted by Gasteiger charge is -2.50. The van der Waals surface area contributed by atoms with Crippen LogP contribution in [-0.4, -0.2) is 110 Å². The van der Waals surface area contributed by atoms with Crippen molar-refractivity contribution < 1.29 is 13.9 Å². The molecule has 0 bridgehead atoms. The van der Waals surface area contributed by atoms with Gasteiger partial charge in [-0.05, 0) is 45.1 Å². The minimum Gasteiger partial charge on any atom is -0.378 e. The van der Waals surface area contributed by atoms with Crippen molar-refractivity contribution in [2.75, 3.05) is 45.9 Å². The molecule has 3 aliphatic rings. The summed E-state index contributed by atoms with van der Waals surface area (Å²) in [5.41, 5.74) is 12.2. The van der Waals surface area contributed by atoms with Crippen LogP contribution in [-0.2, 0) is 9.53 Å². The number of hydrogen-bond donors (Lipinski definition) is 4. The van der Waals surface area contributed by atoms with Gasteiger partial charge >= 0.3 is 0 Å². The van der Waals surface area contributed by atoms with E-state index in [1.54, 1.807) is 0 Å². The molecule has 1 amide bonds. The Morgan fingerprint density at radius 1 is 1.28 bits per heavy atom. The number of nitrogens with two attached hydrogens (primary N) is 2. The van der Waals surface area contributed by atoms with Crippen LogP contribution in [0.3, 0.4) is 0 Å². The Morgan fingerprint density at radius 2 is 2.03 bits per heavy atom. The molecule has 208 valence electrons. The van der Waals surface area contributed by atoms with Gasteiger partial charge in [-0.15, -0.1) is 0 Å². The smallest absolute Gasteiger partial charge is 0.228 e. The van der Waals surface area contributed by atoms with Crippen LogP contribution in [0.2, 0.25) is 0 Å². The number of nitrogens with zero attached hydrogens (tertiary/aromatic N) is 3. The van der Waals surface area contributed by atoms with Gasteiger partial charge in [0.2, 0.25) is 5.91 Å². The molecule has 3 saturated heterocycles. The number of alkyl halides is 1. The van der Waals surface area contributed by atoms with E-state index in [2.05, 4.69) is 46.2 Å². The summed E-state index contributed by atoms with van der Waals surface area (Å²) in [6.07, 6.45) is 2.10. The number of hydrogen-bond acceptors (Lipinski definition) is 8. The van der Waals surface area contributed by atoms with Gasteiger partial charge < -0.3 is 26.8 Å². The van der Waals surface area contributed by atoms with Gasteiger partial charge in [0.15, 0.2) is 0 Å². The number of carbonyl (C=O) groups excluding carboxylic acids is 1. The number of ether oxygens (including phenoxy) is 1. The monoisotopic (exact) mass is 511 g/mol. The lowest BCUT2D eigenvalue weighted by molar-refractivity contribution is -0.128. The van der Waals surface area contributed by atoms with Crippen molar-refractivity contribution in [3.05, 3.63) is 0 Å². The van der Waals surface area contributed by atoms with Gasteiger partial charge in [0.25, 0.3) is 0 Å². The Balaban J connectivity index is 1.62. The number of halogens is 1. The predicted octanol–water partition coefficient (Wildman–Crippen LogP) is 0.721. The van der Waals surface area contributed by atoms with Gasteiger partial charge in [-0.25, -0.2) is 4.39 Å². The first-order chi connectivity index (χ1) is 17.2. The average Bonchev–Trinajstić information content (AvgIpc) is 2.79. The molecular weight excluding hydrogens is 461 g/mol. The van der Waals surface area contributed by atoms with Crippen LogP contribution in [0.5, 0.6) is 0 Å². The largest absolute Gasteiger partial charge is 0.378 e. The Bertz CT molecular complexity index is 706. The van der Waals surface area contributed by atoms with E-state index in [0.29, 0.717) is 37.4 Å². The molecule has 0 aliphatic carbocycles. The maximum atomic E-state index is 14.4. The van der Waals surface area contributed by atoms with Crippen LogP contribution in [0.1, 0.15) is 53.4 Å². The van der Waals surface area contributed by atoms with Crippen molar-refractivity contribution in [1.29, 1.82) is 0 Å². The third kappa shape index (κ3) is 7.91. The van der Waals surface area contributed by atoms with Crippen LogP contribution in [0.25, 0.3) is 0 Å². The van der Waals surface area contributed by atoms with Crippen molar-refractivity contribution in [2.24, 2.45) is 28.3 Å². The first kappa shape index (κ1) is 29.4. The van der Waals surface area contributed by atoms with E-state index in [0.717, 1.165) is 52.2 Å². The van der Waals surface area contributed by atoms with E-state index >= 15 is 0 Å². The van der Waals surface area contributed by atoms with Crippen molar-refractivity contribution in [1.82, 2.24) is 20.4 Å². The molecule has 0 aromatic heterocycles. The second-order valence-corrected chi connectivity index (χ2v) is 11.3. The quantitative estimate of drug-likeness (QED) is 0.225. The summed E-state index contributed by atoms with van der Waals surface area (Å²) in [5, 5.41) is 6.70. The fourth-order valence-electron chi connectivity index (χ4n) is 5.76. The van der Waals surface area contributed by atoms with Gasteiger partial charge in [-0.2, -0.15) is 0 Å². The Labute approximate surface area is 216 Å². The summed E-state index contributed by atoms with van der Waals surface area (Å²) in [7, 11) is 0. The van der Waals surface area contributed by atoms with Gasteiger partial charge in [0.05, 0.1) is 43.4 Å². The highest BCUT2D eigenvalue weighted by Gasteiger charge is 2.40. The average molecular weight is 512 g/mol. The maximum absolute atomic E-state index is 14.4. The molecule has 3 rings (SSSR count). The number of aliphatic imine (C=N–C) groups is 1. The molecule has 0 aromatic rings. The molecule has 5 unspecified atom stereocenters. The SMILES string of the molecule is CCC(/N=C\C(F)CCC(C)C)C(C(=O)NC1CNCCC1N1CCN(C2COC2)C[C@H]1C)C(N)N. The highest BCUT2D eigenvalue weighted by molar-refractivity contribution is 5.81. The summed E-state index contributed by atoms with van der Waals surface area (Å²) >= 11 is 0. The number of amides is 1. The lowest BCUT2D eigenvalue weighted by Crippen LogP contribution is -2.67. The van der Waals surface area contributed by atoms with E-state index in [1.807, 2.05) is 6.92 Å². The Kier molecular flexibility index (Phi) is 11.5. The molecular formula is C26H50FN7O2. The maximum Gasteiger partial charge on any atom is 0.228 e. The van der Waals surface area contributed by atoms with Crippen LogP contribution in [0.15, 0.2) is 4.99 Å². The number of piperidine rings is 1. The van der Waals surface area contributed by atoms with Gasteiger partial charge in [-0.3, -0.25) is 19.6 Å². The second-order valence-electron chi connectivity index (χ2n) is 11.3. The van der Waals surface area contributed by atoms with E-state index in [4.69, 9.17) is 16.2 Å². The molecule has 3 heterocycles. The molecule has 3 aliphatic heterocycles. The van der Waals surface area contributed by atoms with Crippen LogP contribution < -0.4 is 22.1 Å². The van der Waals surface area contributed by atoms with Crippen molar-refractivity contribution in [2.45, 2.75) is 95.9 Å². The van der Waals surface area contributed by atoms with Crippen molar-refractivity contribution >= 4 is 12.1 Å². The fourth-order valence-corrected chi connectivity index (χ4v) is 5.76. The molecule has 0 spiro atoms. The normalized spacial score (nSPS) is 29.4. The number of piperazine rings is 1. The van der Waals surface area contributed by atoms with Gasteiger partial charge in [0, 0.05) is 44.5 Å². The molecule has 36 heavy (non-hydrogen) atoms. The first-order valence-electron chi connectivity index (χ1n) is 14.0. The van der Waals surface area contributed by atoms with Gasteiger partial charge in [0.1, 0.15) is 6.17 Å². The zero-order chi connectivity index (χ0) is 26.2. The summed E-state index contributed by atoms with van der Waals surface area (Å²) in [4.78, 5) is 23.0. The van der Waals surface area contributed by atoms with Crippen LogP contribution in [0, 0.1) is 11.8 Å². The third-order valence-electron chi connectivity index (χ3n) is 8.06. The number of rotatable bonds is 12. The van der Waals surface area contributed by atoms with Crippen LogP contribution >= 0.6 is 0 Å². The predicted molar refractivity (Wildman–Crippen MR) is 143 cm³/mol. The second kappa shape index (κ2) is 14.1. The Hall–Kier alpha value is -1.17. The summed E-state index contributed by atoms with van der Waals surface area (Å²) in [5.74, 6) is -0.466. The molecule has 9 nitrogen and oxygen atoms in total. The van der Waals surface area contributed by atoms with E-state index < -0.39 is 24.3 Å². The van der Waals surface area contributed by atoms with Crippen molar-refractivity contribution in [3.63, 3.8) is 0 Å². The summed E-state index contributed by atoms with van der Waals surface area (Å²) in [6, 6.07) is 0.689. The number of nitrogens with one attached hydrogen (secondary N) is 2. The topological polar surface area (TPSA) is 121 Å². The number of carbonyl (C=O) groups is 1. The zero-order valence-corrected chi connectivity index (χ0v) is 22.7. The molecule has 6 N–H and O–H groups in total.